The molecule has 1 atom stereocenters. The van der Waals surface area contributed by atoms with Gasteiger partial charge >= 0.3 is 5.43 Å². The van der Waals surface area contributed by atoms with Crippen molar-refractivity contribution in [1.82, 2.24) is 9.80 Å². The first kappa shape index (κ1) is 15.7. The fourth-order valence-corrected chi connectivity index (χ4v) is 2.42. The summed E-state index contributed by atoms with van der Waals surface area (Å²) in [6, 6.07) is 0. The van der Waals surface area contributed by atoms with Crippen molar-refractivity contribution >= 4 is 17.0 Å². The van der Waals surface area contributed by atoms with Crippen LogP contribution in [-0.4, -0.2) is 54.2 Å². The van der Waals surface area contributed by atoms with Crippen LogP contribution in [-0.2, 0) is 4.74 Å². The lowest BCUT2D eigenvalue weighted by atomic mass is 10.0. The molecule has 0 saturated heterocycles. The maximum Gasteiger partial charge on any atom is 0.404 e. The number of halogens is 1. The summed E-state index contributed by atoms with van der Waals surface area (Å²) in [7, 11) is 3.93. The topological polar surface area (TPSA) is 32.8 Å². The molecule has 0 radical (unpaired) electrons. The van der Waals surface area contributed by atoms with E-state index in [1.54, 1.807) is 0 Å². The summed E-state index contributed by atoms with van der Waals surface area (Å²) in [5.74, 6) is 0. The monoisotopic (exact) mass is 250 g/mol. The molecule has 1 unspecified atom stereocenters. The first-order chi connectivity index (χ1) is 7.26. The predicted octanol–water partition coefficient (Wildman–Crippen LogP) is 2.37. The minimum Gasteiger partial charge on any atom is -0.445 e. The first-order valence-corrected chi connectivity index (χ1v) is 5.93. The largest absolute Gasteiger partial charge is 0.445 e. The zero-order chi connectivity index (χ0) is 12.9. The fraction of sp³-hybridized carbons (Fsp3) is 0.909. The number of carbonyl (C=O) groups excluding carboxylic acids is 1. The van der Waals surface area contributed by atoms with E-state index in [9.17, 15) is 4.79 Å². The summed E-state index contributed by atoms with van der Waals surface area (Å²) >= 11 is 5.30. The van der Waals surface area contributed by atoms with Gasteiger partial charge in [-0.05, 0) is 41.0 Å². The summed E-state index contributed by atoms with van der Waals surface area (Å²) in [6.07, 6.45) is 0.00481. The SMILES string of the molecule is CCN(CC)C(N(C)C)C(C)(C)OC(=O)Cl. The van der Waals surface area contributed by atoms with Gasteiger partial charge in [-0.25, -0.2) is 4.79 Å². The zero-order valence-electron chi connectivity index (χ0n) is 11.1. The van der Waals surface area contributed by atoms with E-state index in [-0.39, 0.29) is 6.17 Å². The number of nitrogens with zero attached hydrogens (tertiary/aromatic N) is 2. The number of rotatable bonds is 6. The van der Waals surface area contributed by atoms with E-state index in [1.807, 2.05) is 32.8 Å². The second-order valence-corrected chi connectivity index (χ2v) is 4.81. The van der Waals surface area contributed by atoms with Crippen LogP contribution in [0.25, 0.3) is 0 Å². The Hall–Kier alpha value is -0.320. The van der Waals surface area contributed by atoms with Crippen LogP contribution in [0.15, 0.2) is 0 Å². The maximum absolute atomic E-state index is 10.9. The van der Waals surface area contributed by atoms with Crippen molar-refractivity contribution in [2.24, 2.45) is 0 Å². The average molecular weight is 251 g/mol. The number of hydrogen-bond donors (Lipinski definition) is 0. The van der Waals surface area contributed by atoms with Crippen molar-refractivity contribution in [3.63, 3.8) is 0 Å². The molecule has 96 valence electrons. The number of likely N-dealkylation sites (N-methyl/N-ethyl adjacent to an activating group) is 2. The standard InChI is InChI=1S/C11H23ClN2O2/c1-7-14(8-2)9(13(5)6)11(3,4)16-10(12)15/h9H,7-8H2,1-6H3. The van der Waals surface area contributed by atoms with Gasteiger partial charge in [-0.1, -0.05) is 13.8 Å². The molecule has 16 heavy (non-hydrogen) atoms. The van der Waals surface area contributed by atoms with Crippen LogP contribution < -0.4 is 0 Å². The smallest absolute Gasteiger partial charge is 0.404 e. The first-order valence-electron chi connectivity index (χ1n) is 5.55. The molecule has 0 saturated carbocycles. The van der Waals surface area contributed by atoms with Gasteiger partial charge in [-0.3, -0.25) is 9.80 Å². The maximum atomic E-state index is 10.9. The summed E-state index contributed by atoms with van der Waals surface area (Å²) in [5, 5.41) is 0. The van der Waals surface area contributed by atoms with Crippen LogP contribution in [0.4, 0.5) is 4.79 Å². The molecule has 0 bridgehead atoms. The minimum atomic E-state index is -0.760. The molecule has 4 nitrogen and oxygen atoms in total. The van der Waals surface area contributed by atoms with E-state index in [1.165, 1.54) is 0 Å². The molecular formula is C11H23ClN2O2. The molecule has 0 N–H and O–H groups in total. The second kappa shape index (κ2) is 6.42. The highest BCUT2D eigenvalue weighted by molar-refractivity contribution is 6.61. The van der Waals surface area contributed by atoms with Gasteiger partial charge in [0.15, 0.2) is 0 Å². The normalized spacial score (nSPS) is 14.3. The molecule has 0 spiro atoms. The molecule has 0 aliphatic heterocycles. The van der Waals surface area contributed by atoms with E-state index in [0.717, 1.165) is 13.1 Å². The predicted molar refractivity (Wildman–Crippen MR) is 66.8 cm³/mol. The lowest BCUT2D eigenvalue weighted by Gasteiger charge is -2.43. The van der Waals surface area contributed by atoms with Crippen LogP contribution in [0.2, 0.25) is 0 Å². The summed E-state index contributed by atoms with van der Waals surface area (Å²) < 4.78 is 5.19. The highest BCUT2D eigenvalue weighted by atomic mass is 35.5. The van der Waals surface area contributed by atoms with Gasteiger partial charge in [0.2, 0.25) is 0 Å². The highest BCUT2D eigenvalue weighted by Gasteiger charge is 2.37. The lowest BCUT2D eigenvalue weighted by molar-refractivity contribution is -0.0775. The Bertz CT molecular complexity index is 228. The molecular weight excluding hydrogens is 228 g/mol. The van der Waals surface area contributed by atoms with E-state index in [2.05, 4.69) is 18.7 Å². The van der Waals surface area contributed by atoms with Crippen LogP contribution in [0.1, 0.15) is 27.7 Å². The lowest BCUT2D eigenvalue weighted by Crippen LogP contribution is -2.58. The highest BCUT2D eigenvalue weighted by Crippen LogP contribution is 2.23. The van der Waals surface area contributed by atoms with Crippen LogP contribution >= 0.6 is 11.6 Å². The third-order valence-electron chi connectivity index (χ3n) is 2.61. The van der Waals surface area contributed by atoms with E-state index in [0.29, 0.717) is 0 Å². The fourth-order valence-electron chi connectivity index (χ4n) is 2.22. The Morgan fingerprint density at radius 1 is 1.31 bits per heavy atom. The van der Waals surface area contributed by atoms with Gasteiger partial charge in [-0.2, -0.15) is 0 Å². The Balaban J connectivity index is 4.94. The molecule has 0 aliphatic rings. The number of hydrogen-bond acceptors (Lipinski definition) is 4. The third kappa shape index (κ3) is 4.28. The summed E-state index contributed by atoms with van der Waals surface area (Å²) in [4.78, 5) is 15.1. The van der Waals surface area contributed by atoms with Crippen LogP contribution in [0.3, 0.4) is 0 Å². The van der Waals surface area contributed by atoms with E-state index >= 15 is 0 Å². The zero-order valence-corrected chi connectivity index (χ0v) is 11.8. The van der Waals surface area contributed by atoms with Gasteiger partial charge < -0.3 is 4.74 Å². The van der Waals surface area contributed by atoms with Crippen molar-refractivity contribution in [2.75, 3.05) is 27.2 Å². The Labute approximate surface area is 103 Å². The van der Waals surface area contributed by atoms with Crippen molar-refractivity contribution in [2.45, 2.75) is 39.5 Å². The molecule has 0 heterocycles. The quantitative estimate of drug-likeness (QED) is 0.535. The van der Waals surface area contributed by atoms with Gasteiger partial charge in [0.05, 0.1) is 0 Å². The molecule has 0 amide bonds. The Morgan fingerprint density at radius 2 is 1.75 bits per heavy atom. The van der Waals surface area contributed by atoms with Crippen molar-refractivity contribution in [1.29, 1.82) is 0 Å². The Morgan fingerprint density at radius 3 is 2.00 bits per heavy atom. The van der Waals surface area contributed by atoms with Gasteiger partial charge in [0.1, 0.15) is 11.8 Å². The van der Waals surface area contributed by atoms with Crippen LogP contribution in [0.5, 0.6) is 0 Å². The number of ether oxygens (including phenoxy) is 1. The summed E-state index contributed by atoms with van der Waals surface area (Å²) in [5.41, 5.74) is -1.40. The van der Waals surface area contributed by atoms with Crippen molar-refractivity contribution in [3.8, 4) is 0 Å². The second-order valence-electron chi connectivity index (χ2n) is 4.50. The Kier molecular flexibility index (Phi) is 6.30. The minimum absolute atomic E-state index is 0.00481. The molecule has 0 aliphatic carbocycles. The molecule has 0 fully saturated rings. The van der Waals surface area contributed by atoms with E-state index in [4.69, 9.17) is 16.3 Å². The van der Waals surface area contributed by atoms with E-state index < -0.39 is 11.0 Å². The number of carbonyl (C=O) groups is 1. The molecule has 0 aromatic rings. The molecule has 0 rings (SSSR count). The average Bonchev–Trinajstić information content (AvgIpc) is 2.10. The van der Waals surface area contributed by atoms with Crippen LogP contribution in [0, 0.1) is 0 Å². The summed E-state index contributed by atoms with van der Waals surface area (Å²) in [6.45, 7) is 9.69. The van der Waals surface area contributed by atoms with Crippen molar-refractivity contribution < 1.29 is 9.53 Å². The molecule has 0 aromatic heterocycles. The van der Waals surface area contributed by atoms with Gasteiger partial charge in [0, 0.05) is 11.6 Å². The molecule has 5 heteroatoms. The van der Waals surface area contributed by atoms with Gasteiger partial charge in [-0.15, -0.1) is 0 Å². The third-order valence-corrected chi connectivity index (χ3v) is 2.69. The van der Waals surface area contributed by atoms with Gasteiger partial charge in [0.25, 0.3) is 0 Å². The molecule has 0 aromatic carbocycles. The van der Waals surface area contributed by atoms with Crippen molar-refractivity contribution in [3.05, 3.63) is 0 Å².